The van der Waals surface area contributed by atoms with Gasteiger partial charge in [-0.25, -0.2) is 0 Å². The fraction of sp³-hybridized carbons (Fsp3) is 0.455. The smallest absolute Gasteiger partial charge is 0.253 e. The maximum atomic E-state index is 12.8. The molecule has 0 radical (unpaired) electrons. The molecule has 2 aliphatic heterocycles. The summed E-state index contributed by atoms with van der Waals surface area (Å²) in [7, 11) is 0. The van der Waals surface area contributed by atoms with Gasteiger partial charge in [-0.3, -0.25) is 9.78 Å². The van der Waals surface area contributed by atoms with Gasteiger partial charge in [0, 0.05) is 37.9 Å². The molecule has 1 atom stereocenters. The molecule has 142 valence electrons. The average Bonchev–Trinajstić information content (AvgIpc) is 2.75. The van der Waals surface area contributed by atoms with Crippen LogP contribution in [0.15, 0.2) is 48.8 Å². The highest BCUT2D eigenvalue weighted by atomic mass is 16.2. The SMILES string of the molecule is O=C(c1ccc(C[C@@H]2CCCNC2)cc1)N1CCN(c2cccnc2)CC1. The van der Waals surface area contributed by atoms with E-state index in [1.165, 1.54) is 18.4 Å². The van der Waals surface area contributed by atoms with Crippen LogP contribution in [0.5, 0.6) is 0 Å². The van der Waals surface area contributed by atoms with Crippen LogP contribution in [0, 0.1) is 5.92 Å². The van der Waals surface area contributed by atoms with Gasteiger partial charge < -0.3 is 15.1 Å². The summed E-state index contributed by atoms with van der Waals surface area (Å²) in [6, 6.07) is 12.3. The summed E-state index contributed by atoms with van der Waals surface area (Å²) in [4.78, 5) is 21.3. The van der Waals surface area contributed by atoms with Crippen LogP contribution in [-0.4, -0.2) is 55.1 Å². The number of anilines is 1. The maximum Gasteiger partial charge on any atom is 0.253 e. The van der Waals surface area contributed by atoms with E-state index in [0.29, 0.717) is 0 Å². The molecule has 0 unspecified atom stereocenters. The third kappa shape index (κ3) is 4.48. The number of hydrogen-bond donors (Lipinski definition) is 1. The number of pyridine rings is 1. The molecule has 2 fully saturated rings. The number of benzene rings is 1. The molecule has 4 rings (SSSR count). The van der Waals surface area contributed by atoms with E-state index in [0.717, 1.165) is 62.9 Å². The van der Waals surface area contributed by atoms with Crippen molar-refractivity contribution in [3.63, 3.8) is 0 Å². The number of hydrogen-bond acceptors (Lipinski definition) is 4. The molecule has 2 saturated heterocycles. The zero-order valence-corrected chi connectivity index (χ0v) is 15.8. The first-order valence-electron chi connectivity index (χ1n) is 10.0. The Morgan fingerprint density at radius 2 is 1.93 bits per heavy atom. The Labute approximate surface area is 161 Å². The van der Waals surface area contributed by atoms with Crippen molar-refractivity contribution in [1.29, 1.82) is 0 Å². The summed E-state index contributed by atoms with van der Waals surface area (Å²) in [6.07, 6.45) is 7.35. The first-order chi connectivity index (χ1) is 13.3. The molecule has 5 nitrogen and oxygen atoms in total. The van der Waals surface area contributed by atoms with Crippen LogP contribution in [0.25, 0.3) is 0 Å². The van der Waals surface area contributed by atoms with Crippen LogP contribution < -0.4 is 10.2 Å². The fourth-order valence-electron chi connectivity index (χ4n) is 4.11. The Bertz CT molecular complexity index is 733. The first kappa shape index (κ1) is 18.0. The lowest BCUT2D eigenvalue weighted by Crippen LogP contribution is -2.48. The minimum atomic E-state index is 0.145. The number of nitrogens with one attached hydrogen (secondary N) is 1. The largest absolute Gasteiger partial charge is 0.367 e. The topological polar surface area (TPSA) is 48.5 Å². The second-order valence-electron chi connectivity index (χ2n) is 7.60. The molecule has 5 heteroatoms. The van der Waals surface area contributed by atoms with Crippen LogP contribution in [0.4, 0.5) is 5.69 Å². The molecular formula is C22H28N4O. The van der Waals surface area contributed by atoms with E-state index >= 15 is 0 Å². The summed E-state index contributed by atoms with van der Waals surface area (Å²) >= 11 is 0. The highest BCUT2D eigenvalue weighted by molar-refractivity contribution is 5.94. The monoisotopic (exact) mass is 364 g/mol. The van der Waals surface area contributed by atoms with Crippen molar-refractivity contribution in [3.8, 4) is 0 Å². The molecule has 0 saturated carbocycles. The van der Waals surface area contributed by atoms with Crippen molar-refractivity contribution in [3.05, 3.63) is 59.9 Å². The molecule has 1 aromatic carbocycles. The standard InChI is InChI=1S/C22H28N4O/c27-22(26-13-11-25(12-14-26)21-4-2-10-24-17-21)20-7-5-18(6-8-20)15-19-3-1-9-23-16-19/h2,4-8,10,17,19,23H,1,3,9,11-16H2/t19-/m0/s1. The van der Waals surface area contributed by atoms with Crippen LogP contribution in [0.2, 0.25) is 0 Å². The van der Waals surface area contributed by atoms with E-state index in [1.54, 1.807) is 6.20 Å². The molecule has 2 aromatic rings. The molecule has 0 spiro atoms. The Morgan fingerprint density at radius 1 is 1.11 bits per heavy atom. The number of amides is 1. The second-order valence-corrected chi connectivity index (χ2v) is 7.60. The third-order valence-electron chi connectivity index (χ3n) is 5.70. The number of rotatable bonds is 4. The summed E-state index contributed by atoms with van der Waals surface area (Å²) < 4.78 is 0. The number of piperazine rings is 1. The number of nitrogens with zero attached hydrogens (tertiary/aromatic N) is 3. The van der Waals surface area contributed by atoms with Gasteiger partial charge in [-0.1, -0.05) is 12.1 Å². The number of piperidine rings is 1. The normalized spacial score (nSPS) is 20.5. The van der Waals surface area contributed by atoms with Crippen LogP contribution in [0.1, 0.15) is 28.8 Å². The lowest BCUT2D eigenvalue weighted by molar-refractivity contribution is 0.0747. The van der Waals surface area contributed by atoms with Gasteiger partial charge in [0.1, 0.15) is 0 Å². The zero-order valence-electron chi connectivity index (χ0n) is 15.8. The van der Waals surface area contributed by atoms with Gasteiger partial charge in [0.2, 0.25) is 0 Å². The summed E-state index contributed by atoms with van der Waals surface area (Å²) in [5.74, 6) is 0.868. The van der Waals surface area contributed by atoms with E-state index in [-0.39, 0.29) is 5.91 Å². The van der Waals surface area contributed by atoms with Crippen LogP contribution in [0.3, 0.4) is 0 Å². The molecule has 1 amide bonds. The minimum Gasteiger partial charge on any atom is -0.367 e. The van der Waals surface area contributed by atoms with Crippen molar-refractivity contribution < 1.29 is 4.79 Å². The van der Waals surface area contributed by atoms with E-state index in [9.17, 15) is 4.79 Å². The highest BCUT2D eigenvalue weighted by Crippen LogP contribution is 2.19. The molecule has 1 aromatic heterocycles. The van der Waals surface area contributed by atoms with Crippen LogP contribution >= 0.6 is 0 Å². The van der Waals surface area contributed by atoms with Gasteiger partial charge in [-0.15, -0.1) is 0 Å². The summed E-state index contributed by atoms with van der Waals surface area (Å²) in [5.41, 5.74) is 3.27. The van der Waals surface area contributed by atoms with Crippen LogP contribution in [-0.2, 0) is 6.42 Å². The lowest BCUT2D eigenvalue weighted by Gasteiger charge is -2.36. The Morgan fingerprint density at radius 3 is 2.59 bits per heavy atom. The summed E-state index contributed by atoms with van der Waals surface area (Å²) in [5, 5.41) is 3.47. The molecular weight excluding hydrogens is 336 g/mol. The first-order valence-corrected chi connectivity index (χ1v) is 10.0. The minimum absolute atomic E-state index is 0.145. The highest BCUT2D eigenvalue weighted by Gasteiger charge is 2.22. The van der Waals surface area contributed by atoms with E-state index in [1.807, 2.05) is 29.3 Å². The molecule has 3 heterocycles. The zero-order chi connectivity index (χ0) is 18.5. The third-order valence-corrected chi connectivity index (χ3v) is 5.70. The number of aromatic nitrogens is 1. The van der Waals surface area contributed by atoms with Crippen molar-refractivity contribution >= 4 is 11.6 Å². The maximum absolute atomic E-state index is 12.8. The molecule has 0 bridgehead atoms. The quantitative estimate of drug-likeness (QED) is 0.906. The molecule has 1 N–H and O–H groups in total. The van der Waals surface area contributed by atoms with Gasteiger partial charge >= 0.3 is 0 Å². The van der Waals surface area contributed by atoms with Gasteiger partial charge in [0.15, 0.2) is 0 Å². The Kier molecular flexibility index (Phi) is 5.68. The van der Waals surface area contributed by atoms with E-state index in [4.69, 9.17) is 0 Å². The van der Waals surface area contributed by atoms with E-state index < -0.39 is 0 Å². The van der Waals surface area contributed by atoms with Gasteiger partial charge in [-0.2, -0.15) is 0 Å². The predicted molar refractivity (Wildman–Crippen MR) is 108 cm³/mol. The Hall–Kier alpha value is -2.40. The lowest BCUT2D eigenvalue weighted by atomic mass is 9.92. The molecule has 27 heavy (non-hydrogen) atoms. The molecule has 2 aliphatic rings. The van der Waals surface area contributed by atoms with Crippen molar-refractivity contribution in [1.82, 2.24) is 15.2 Å². The van der Waals surface area contributed by atoms with E-state index in [2.05, 4.69) is 33.4 Å². The second kappa shape index (κ2) is 8.53. The molecule has 0 aliphatic carbocycles. The average molecular weight is 364 g/mol. The fourth-order valence-corrected chi connectivity index (χ4v) is 4.11. The number of carbonyl (C=O) groups excluding carboxylic acids is 1. The van der Waals surface area contributed by atoms with Crippen molar-refractivity contribution in [2.24, 2.45) is 5.92 Å². The van der Waals surface area contributed by atoms with Crippen molar-refractivity contribution in [2.75, 3.05) is 44.2 Å². The van der Waals surface area contributed by atoms with Gasteiger partial charge in [-0.05, 0) is 68.1 Å². The van der Waals surface area contributed by atoms with Crippen molar-refractivity contribution in [2.45, 2.75) is 19.3 Å². The Balaban J connectivity index is 1.32. The summed E-state index contributed by atoms with van der Waals surface area (Å²) in [6.45, 7) is 5.47. The van der Waals surface area contributed by atoms with Gasteiger partial charge in [0.05, 0.1) is 11.9 Å². The predicted octanol–water partition coefficient (Wildman–Crippen LogP) is 2.59. The number of carbonyl (C=O) groups is 1. The van der Waals surface area contributed by atoms with Gasteiger partial charge in [0.25, 0.3) is 5.91 Å².